The molecule has 13 rings (SSSR count). The van der Waals surface area contributed by atoms with Crippen LogP contribution in [0.1, 0.15) is 0 Å². The molecular weight excluding hydrogens is 867 g/mol. The number of aromatic nitrogens is 5. The van der Waals surface area contributed by atoms with E-state index in [1.54, 1.807) is 0 Å². The average molecular weight is 908 g/mol. The van der Waals surface area contributed by atoms with Gasteiger partial charge in [-0.1, -0.05) is 206 Å². The Hall–Kier alpha value is -9.65. The molecule has 0 fully saturated rings. The summed E-state index contributed by atoms with van der Waals surface area (Å²) in [4.78, 5) is 25.7. The monoisotopic (exact) mass is 907 g/mol. The second kappa shape index (κ2) is 17.8. The van der Waals surface area contributed by atoms with Crippen LogP contribution in [0.25, 0.3) is 134 Å². The molecule has 0 aliphatic carbocycles. The minimum absolute atomic E-state index is 0.563. The van der Waals surface area contributed by atoms with Crippen LogP contribution in [0.5, 0.6) is 0 Å². The molecule has 332 valence electrons. The van der Waals surface area contributed by atoms with Crippen molar-refractivity contribution in [2.45, 2.75) is 0 Å². The molecule has 71 heavy (non-hydrogen) atoms. The second-order valence-corrected chi connectivity index (χ2v) is 17.7. The van der Waals surface area contributed by atoms with Gasteiger partial charge >= 0.3 is 0 Å². The summed E-state index contributed by atoms with van der Waals surface area (Å²) in [6, 6.07) is 86.0. The zero-order valence-electron chi connectivity index (χ0n) is 38.3. The number of nitrogens with zero attached hydrogens (tertiary/aromatic N) is 5. The van der Waals surface area contributed by atoms with Crippen molar-refractivity contribution in [2.75, 3.05) is 0 Å². The van der Waals surface area contributed by atoms with Crippen LogP contribution in [0.3, 0.4) is 0 Å². The molecule has 0 bridgehead atoms. The summed E-state index contributed by atoms with van der Waals surface area (Å²) >= 11 is 0. The fraction of sp³-hybridized carbons (Fsp3) is 0. The fourth-order valence-corrected chi connectivity index (χ4v) is 9.43. The molecule has 10 aromatic carbocycles. The molecular formula is C65H41N5O. The van der Waals surface area contributed by atoms with Crippen molar-refractivity contribution < 1.29 is 4.42 Å². The smallest absolute Gasteiger partial charge is 0.164 e. The number of hydrogen-bond acceptors (Lipinski definition) is 6. The third kappa shape index (κ3) is 8.19. The van der Waals surface area contributed by atoms with Crippen LogP contribution >= 0.6 is 0 Å². The predicted molar refractivity (Wildman–Crippen MR) is 289 cm³/mol. The van der Waals surface area contributed by atoms with E-state index in [-0.39, 0.29) is 0 Å². The van der Waals surface area contributed by atoms with E-state index in [1.165, 1.54) is 10.9 Å². The minimum Gasteiger partial charge on any atom is -0.456 e. The fourth-order valence-electron chi connectivity index (χ4n) is 9.43. The van der Waals surface area contributed by atoms with Crippen molar-refractivity contribution in [3.8, 4) is 101 Å². The maximum atomic E-state index is 6.48. The molecule has 0 saturated heterocycles. The molecule has 0 atom stereocenters. The van der Waals surface area contributed by atoms with Crippen molar-refractivity contribution in [1.82, 2.24) is 24.9 Å². The number of hydrogen-bond donors (Lipinski definition) is 0. The first-order valence-electron chi connectivity index (χ1n) is 23.7. The van der Waals surface area contributed by atoms with Gasteiger partial charge < -0.3 is 4.42 Å². The molecule has 13 aromatic rings. The van der Waals surface area contributed by atoms with Crippen LogP contribution in [-0.4, -0.2) is 24.9 Å². The van der Waals surface area contributed by atoms with Gasteiger partial charge in [-0.25, -0.2) is 24.9 Å². The molecule has 0 aliphatic heterocycles. The van der Waals surface area contributed by atoms with Crippen molar-refractivity contribution >= 4 is 32.7 Å². The minimum atomic E-state index is 0.563. The van der Waals surface area contributed by atoms with E-state index in [1.807, 2.05) is 48.5 Å². The Balaban J connectivity index is 0.877. The van der Waals surface area contributed by atoms with Gasteiger partial charge in [0.1, 0.15) is 11.2 Å². The van der Waals surface area contributed by atoms with Crippen molar-refractivity contribution in [3.63, 3.8) is 0 Å². The Morgan fingerprint density at radius 1 is 0.211 bits per heavy atom. The molecule has 3 aromatic heterocycles. The molecule has 0 radical (unpaired) electrons. The lowest BCUT2D eigenvalue weighted by atomic mass is 9.98. The summed E-state index contributed by atoms with van der Waals surface area (Å²) < 4.78 is 6.48. The summed E-state index contributed by atoms with van der Waals surface area (Å²) in [7, 11) is 0. The molecule has 0 N–H and O–H groups in total. The van der Waals surface area contributed by atoms with Crippen LogP contribution in [0.4, 0.5) is 0 Å². The molecule has 0 saturated carbocycles. The van der Waals surface area contributed by atoms with Crippen LogP contribution in [0.2, 0.25) is 0 Å². The second-order valence-electron chi connectivity index (χ2n) is 17.7. The Labute approximate surface area is 410 Å². The first kappa shape index (κ1) is 41.5. The van der Waals surface area contributed by atoms with Crippen LogP contribution in [0.15, 0.2) is 253 Å². The van der Waals surface area contributed by atoms with Gasteiger partial charge in [0.2, 0.25) is 0 Å². The summed E-state index contributed by atoms with van der Waals surface area (Å²) in [5.74, 6) is 2.39. The molecule has 0 aliphatic rings. The number of fused-ring (bicyclic) bond motifs is 4. The van der Waals surface area contributed by atoms with Gasteiger partial charge in [0.15, 0.2) is 23.3 Å². The third-order valence-corrected chi connectivity index (χ3v) is 13.1. The van der Waals surface area contributed by atoms with E-state index in [4.69, 9.17) is 29.3 Å². The van der Waals surface area contributed by atoms with E-state index in [0.29, 0.717) is 23.3 Å². The molecule has 0 spiro atoms. The largest absolute Gasteiger partial charge is 0.456 e. The summed E-state index contributed by atoms with van der Waals surface area (Å²) in [6.45, 7) is 0. The first-order chi connectivity index (χ1) is 35.1. The Kier molecular flexibility index (Phi) is 10.4. The lowest BCUT2D eigenvalue weighted by Gasteiger charge is -2.12. The number of benzene rings is 10. The zero-order valence-corrected chi connectivity index (χ0v) is 38.3. The summed E-state index contributed by atoms with van der Waals surface area (Å²) in [6.07, 6.45) is 0. The predicted octanol–water partition coefficient (Wildman–Crippen LogP) is 16.7. The quantitative estimate of drug-likeness (QED) is 0.144. The normalized spacial score (nSPS) is 11.4. The molecule has 0 amide bonds. The highest BCUT2D eigenvalue weighted by Crippen LogP contribution is 2.37. The summed E-state index contributed by atoms with van der Waals surface area (Å²) in [5.41, 5.74) is 15.5. The topological polar surface area (TPSA) is 77.6 Å². The Bertz CT molecular complexity index is 3980. The number of rotatable bonds is 9. The van der Waals surface area contributed by atoms with Gasteiger partial charge in [-0.2, -0.15) is 0 Å². The van der Waals surface area contributed by atoms with Gasteiger partial charge in [-0.05, 0) is 86.6 Å². The van der Waals surface area contributed by atoms with E-state index in [0.717, 1.165) is 99.9 Å². The van der Waals surface area contributed by atoms with E-state index >= 15 is 0 Å². The van der Waals surface area contributed by atoms with Crippen LogP contribution in [-0.2, 0) is 0 Å². The third-order valence-electron chi connectivity index (χ3n) is 13.1. The maximum Gasteiger partial charge on any atom is 0.164 e. The highest BCUT2D eigenvalue weighted by molar-refractivity contribution is 6.10. The van der Waals surface area contributed by atoms with Crippen molar-refractivity contribution in [2.24, 2.45) is 0 Å². The Morgan fingerprint density at radius 2 is 0.592 bits per heavy atom. The lowest BCUT2D eigenvalue weighted by Crippen LogP contribution is -2.00. The first-order valence-corrected chi connectivity index (χ1v) is 23.7. The van der Waals surface area contributed by atoms with Crippen molar-refractivity contribution in [1.29, 1.82) is 0 Å². The van der Waals surface area contributed by atoms with Crippen LogP contribution < -0.4 is 0 Å². The van der Waals surface area contributed by atoms with Crippen LogP contribution in [0, 0.1) is 0 Å². The highest BCUT2D eigenvalue weighted by Gasteiger charge is 2.17. The molecule has 3 heterocycles. The average Bonchev–Trinajstić information content (AvgIpc) is 3.81. The highest BCUT2D eigenvalue weighted by atomic mass is 16.3. The van der Waals surface area contributed by atoms with E-state index in [9.17, 15) is 0 Å². The van der Waals surface area contributed by atoms with E-state index in [2.05, 4.69) is 200 Å². The lowest BCUT2D eigenvalue weighted by molar-refractivity contribution is 0.669. The zero-order chi connectivity index (χ0) is 47.1. The Morgan fingerprint density at radius 3 is 1.21 bits per heavy atom. The van der Waals surface area contributed by atoms with Gasteiger partial charge in [0, 0.05) is 44.2 Å². The SMILES string of the molecule is c1ccc(-c2ccc(-c3cc(-c4cccc(-c5cccc(-c6nc(-c7ccccc7)nc(-c7ccc8c(c7)oc7cc9ccccc9cc78)n6)c5)c4)nc(-c4ccc(-c5ccccc5)cc4)n3)cc2)cc1. The molecule has 6 nitrogen and oxygen atoms in total. The molecule has 0 unspecified atom stereocenters. The van der Waals surface area contributed by atoms with Gasteiger partial charge in [-0.3, -0.25) is 0 Å². The van der Waals surface area contributed by atoms with Gasteiger partial charge in [0.25, 0.3) is 0 Å². The van der Waals surface area contributed by atoms with E-state index < -0.39 is 0 Å². The number of furan rings is 1. The maximum absolute atomic E-state index is 6.48. The molecule has 6 heteroatoms. The van der Waals surface area contributed by atoms with Gasteiger partial charge in [-0.15, -0.1) is 0 Å². The summed E-state index contributed by atoms with van der Waals surface area (Å²) in [5, 5.41) is 4.44. The standard InChI is InChI=1S/C65H41N5O/c1-4-14-42(15-5-1)44-26-30-46(31-27-44)58-41-59(67-62(66-58)48-32-28-45(29-33-48)43-16-6-2-7-17-43)53-24-12-22-49(36-53)50-23-13-25-54(37-50)64-68-63(47-18-8-3-9-19-47)69-65(70-64)55-34-35-56-57-38-51-20-10-11-21-52(51)39-61(57)71-60(56)40-55/h1-41H. The van der Waals surface area contributed by atoms with Crippen molar-refractivity contribution in [3.05, 3.63) is 249 Å². The van der Waals surface area contributed by atoms with Gasteiger partial charge in [0.05, 0.1) is 11.4 Å².